The number of carbonyl (C=O) groups excluding carboxylic acids is 2. The number of ether oxygens (including phenoxy) is 1. The minimum Gasteiger partial charge on any atom is -0.468 e. The number of esters is 1. The summed E-state index contributed by atoms with van der Waals surface area (Å²) in [6.07, 6.45) is 0. The smallest absolute Gasteiger partial charge is 0.341 e. The van der Waals surface area contributed by atoms with Gasteiger partial charge >= 0.3 is 12.0 Å². The van der Waals surface area contributed by atoms with Crippen LogP contribution < -0.4 is 5.32 Å². The number of carbonyl (C=O) groups is 2. The molecular weight excluding hydrogens is 275 g/mol. The van der Waals surface area contributed by atoms with Crippen molar-refractivity contribution in [3.63, 3.8) is 0 Å². The average Bonchev–Trinajstić information content (AvgIpc) is 2.46. The molecule has 1 aromatic rings. The minimum absolute atomic E-state index is 0.0805. The zero-order valence-electron chi connectivity index (χ0n) is 12.1. The summed E-state index contributed by atoms with van der Waals surface area (Å²) in [5.74, 6) is -1.65. The van der Waals surface area contributed by atoms with Gasteiger partial charge in [0.1, 0.15) is 11.7 Å². The molecule has 6 heteroatoms. The maximum Gasteiger partial charge on any atom is 0.341 e. The van der Waals surface area contributed by atoms with Crippen LogP contribution >= 0.6 is 0 Å². The molecule has 0 fully saturated rings. The second kappa shape index (κ2) is 6.03. The standard InChI is InChI=1S/C15H17FN2O3/c1-8(2)12-11(14(19)21-3)13(18-15(20)17-12)9-4-6-10(16)7-5-9/h4-8,11,13H,1-3H3,(H,18,20). The van der Waals surface area contributed by atoms with Crippen LogP contribution in [0.15, 0.2) is 29.3 Å². The Bertz CT molecular complexity index is 581. The molecule has 112 valence electrons. The van der Waals surface area contributed by atoms with E-state index in [0.29, 0.717) is 11.3 Å². The number of hydrogen-bond donors (Lipinski definition) is 1. The molecule has 0 saturated heterocycles. The second-order valence-electron chi connectivity index (χ2n) is 5.17. The van der Waals surface area contributed by atoms with Gasteiger partial charge in [0.2, 0.25) is 0 Å². The van der Waals surface area contributed by atoms with E-state index in [0.717, 1.165) is 0 Å². The molecule has 5 nitrogen and oxygen atoms in total. The maximum absolute atomic E-state index is 13.1. The van der Waals surface area contributed by atoms with Crippen molar-refractivity contribution < 1.29 is 18.7 Å². The molecule has 2 atom stereocenters. The van der Waals surface area contributed by atoms with Crippen LogP contribution in [0, 0.1) is 17.7 Å². The van der Waals surface area contributed by atoms with Crippen LogP contribution in [0.25, 0.3) is 0 Å². The summed E-state index contributed by atoms with van der Waals surface area (Å²) in [7, 11) is 1.29. The average molecular weight is 292 g/mol. The molecule has 0 saturated carbocycles. The van der Waals surface area contributed by atoms with E-state index in [1.54, 1.807) is 12.1 Å². The highest BCUT2D eigenvalue weighted by Crippen LogP contribution is 2.30. The molecule has 0 aliphatic carbocycles. The number of nitrogens with zero attached hydrogens (tertiary/aromatic N) is 1. The summed E-state index contributed by atoms with van der Waals surface area (Å²) in [5, 5.41) is 2.65. The van der Waals surface area contributed by atoms with Gasteiger partial charge in [0.05, 0.1) is 13.2 Å². The predicted octanol–water partition coefficient (Wildman–Crippen LogP) is 2.48. The first-order valence-corrected chi connectivity index (χ1v) is 6.66. The predicted molar refractivity (Wildman–Crippen MR) is 75.5 cm³/mol. The number of nitrogens with one attached hydrogen (secondary N) is 1. The third-order valence-electron chi connectivity index (χ3n) is 3.44. The monoisotopic (exact) mass is 292 g/mol. The van der Waals surface area contributed by atoms with Crippen LogP contribution in [0.4, 0.5) is 9.18 Å². The Morgan fingerprint density at radius 1 is 1.33 bits per heavy atom. The first-order valence-electron chi connectivity index (χ1n) is 6.66. The van der Waals surface area contributed by atoms with Crippen molar-refractivity contribution in [1.82, 2.24) is 5.32 Å². The van der Waals surface area contributed by atoms with Crippen LogP contribution in [-0.2, 0) is 9.53 Å². The van der Waals surface area contributed by atoms with Gasteiger partial charge in [-0.2, -0.15) is 0 Å². The van der Waals surface area contributed by atoms with Crippen molar-refractivity contribution in [2.24, 2.45) is 16.8 Å². The summed E-state index contributed by atoms with van der Waals surface area (Å²) in [6, 6.07) is 4.54. The molecule has 1 aliphatic rings. The molecule has 0 aromatic heterocycles. The number of urea groups is 1. The molecule has 1 aromatic carbocycles. The largest absolute Gasteiger partial charge is 0.468 e. The lowest BCUT2D eigenvalue weighted by Gasteiger charge is -2.32. The molecule has 0 radical (unpaired) electrons. The Morgan fingerprint density at radius 2 is 1.95 bits per heavy atom. The van der Waals surface area contributed by atoms with Crippen molar-refractivity contribution in [1.29, 1.82) is 0 Å². The third kappa shape index (κ3) is 3.09. The van der Waals surface area contributed by atoms with E-state index in [-0.39, 0.29) is 11.7 Å². The fourth-order valence-electron chi connectivity index (χ4n) is 2.42. The quantitative estimate of drug-likeness (QED) is 0.870. The van der Waals surface area contributed by atoms with Crippen molar-refractivity contribution in [2.75, 3.05) is 7.11 Å². The number of rotatable bonds is 3. The molecule has 2 rings (SSSR count). The third-order valence-corrected chi connectivity index (χ3v) is 3.44. The molecule has 21 heavy (non-hydrogen) atoms. The number of halogens is 1. The van der Waals surface area contributed by atoms with Gasteiger partial charge in [-0.05, 0) is 23.6 Å². The normalized spacial score (nSPS) is 21.8. The lowest BCUT2D eigenvalue weighted by molar-refractivity contribution is -0.144. The molecule has 2 unspecified atom stereocenters. The van der Waals surface area contributed by atoms with E-state index in [1.165, 1.54) is 19.2 Å². The highest BCUT2D eigenvalue weighted by molar-refractivity contribution is 6.10. The van der Waals surface area contributed by atoms with Gasteiger partial charge in [-0.1, -0.05) is 26.0 Å². The van der Waals surface area contributed by atoms with Crippen LogP contribution in [-0.4, -0.2) is 24.8 Å². The second-order valence-corrected chi connectivity index (χ2v) is 5.17. The Balaban J connectivity index is 2.47. The van der Waals surface area contributed by atoms with E-state index in [1.807, 2.05) is 13.8 Å². The highest BCUT2D eigenvalue weighted by Gasteiger charge is 2.40. The molecule has 1 aliphatic heterocycles. The van der Waals surface area contributed by atoms with Crippen molar-refractivity contribution in [2.45, 2.75) is 19.9 Å². The Labute approximate surface area is 122 Å². The Morgan fingerprint density at radius 3 is 2.48 bits per heavy atom. The van der Waals surface area contributed by atoms with E-state index in [4.69, 9.17) is 4.74 Å². The van der Waals surface area contributed by atoms with Gasteiger partial charge < -0.3 is 10.1 Å². The summed E-state index contributed by atoms with van der Waals surface area (Å²) in [6.45, 7) is 3.71. The number of methoxy groups -OCH3 is 1. The van der Waals surface area contributed by atoms with Gasteiger partial charge in [0.25, 0.3) is 0 Å². The molecular formula is C15H17FN2O3. The summed E-state index contributed by atoms with van der Waals surface area (Å²) in [4.78, 5) is 27.8. The lowest BCUT2D eigenvalue weighted by atomic mass is 9.83. The minimum atomic E-state index is -0.710. The molecule has 2 amide bonds. The Hall–Kier alpha value is -2.24. The number of aliphatic imine (C=N–C) groups is 1. The fraction of sp³-hybridized carbons (Fsp3) is 0.400. The van der Waals surface area contributed by atoms with E-state index in [2.05, 4.69) is 10.3 Å². The van der Waals surface area contributed by atoms with Crippen molar-refractivity contribution in [3.05, 3.63) is 35.6 Å². The zero-order chi connectivity index (χ0) is 15.6. The number of hydrogen-bond acceptors (Lipinski definition) is 3. The van der Waals surface area contributed by atoms with Gasteiger partial charge in [-0.15, -0.1) is 0 Å². The van der Waals surface area contributed by atoms with E-state index >= 15 is 0 Å². The highest BCUT2D eigenvalue weighted by atomic mass is 19.1. The summed E-state index contributed by atoms with van der Waals surface area (Å²) >= 11 is 0. The molecule has 1 N–H and O–H groups in total. The van der Waals surface area contributed by atoms with E-state index in [9.17, 15) is 14.0 Å². The van der Waals surface area contributed by atoms with Gasteiger partial charge in [0, 0.05) is 5.71 Å². The molecule has 1 heterocycles. The summed E-state index contributed by atoms with van der Waals surface area (Å²) in [5.41, 5.74) is 1.10. The van der Waals surface area contributed by atoms with Gasteiger partial charge in [0.15, 0.2) is 0 Å². The summed E-state index contributed by atoms with van der Waals surface area (Å²) < 4.78 is 17.9. The topological polar surface area (TPSA) is 67.8 Å². The fourth-order valence-corrected chi connectivity index (χ4v) is 2.42. The molecule has 0 bridgehead atoms. The Kier molecular flexibility index (Phi) is 4.35. The van der Waals surface area contributed by atoms with Gasteiger partial charge in [-0.25, -0.2) is 14.2 Å². The first kappa shape index (κ1) is 15.2. The van der Waals surface area contributed by atoms with Gasteiger partial charge in [-0.3, -0.25) is 4.79 Å². The number of benzene rings is 1. The molecule has 0 spiro atoms. The lowest BCUT2D eigenvalue weighted by Crippen LogP contribution is -2.46. The van der Waals surface area contributed by atoms with Crippen molar-refractivity contribution in [3.8, 4) is 0 Å². The van der Waals surface area contributed by atoms with Crippen LogP contribution in [0.3, 0.4) is 0 Å². The SMILES string of the molecule is COC(=O)C1C(C(C)C)=NC(=O)NC1c1ccc(F)cc1. The van der Waals surface area contributed by atoms with Crippen molar-refractivity contribution >= 4 is 17.7 Å². The first-order chi connectivity index (χ1) is 9.93. The zero-order valence-corrected chi connectivity index (χ0v) is 12.1. The van der Waals surface area contributed by atoms with Crippen LogP contribution in [0.1, 0.15) is 25.5 Å². The van der Waals surface area contributed by atoms with E-state index < -0.39 is 24.0 Å². The number of amides is 2. The van der Waals surface area contributed by atoms with Crippen LogP contribution in [0.5, 0.6) is 0 Å². The maximum atomic E-state index is 13.1. The van der Waals surface area contributed by atoms with Crippen LogP contribution in [0.2, 0.25) is 0 Å².